The number of terminal acetylenes is 1. The molecular formula is C33H42FNO4. The summed E-state index contributed by atoms with van der Waals surface area (Å²) >= 11 is 0. The Morgan fingerprint density at radius 1 is 1.13 bits per heavy atom. The van der Waals surface area contributed by atoms with Gasteiger partial charge < -0.3 is 9.47 Å². The normalized spacial score (nSPS) is 26.6. The fourth-order valence-electron chi connectivity index (χ4n) is 6.21. The number of allylic oxidation sites excluding steroid dienone is 1. The van der Waals surface area contributed by atoms with Crippen LogP contribution in [-0.2, 0) is 19.1 Å². The largest absolute Gasteiger partial charge is 0.468 e. The van der Waals surface area contributed by atoms with Gasteiger partial charge in [0, 0.05) is 17.7 Å². The quantitative estimate of drug-likeness (QED) is 0.227. The number of pyridine rings is 1. The van der Waals surface area contributed by atoms with E-state index in [1.807, 2.05) is 32.0 Å². The van der Waals surface area contributed by atoms with Crippen LogP contribution in [0.5, 0.6) is 0 Å². The molecule has 2 aliphatic carbocycles. The molecule has 2 heterocycles. The monoisotopic (exact) mass is 535 g/mol. The zero-order valence-corrected chi connectivity index (χ0v) is 23.6. The number of aromatic nitrogens is 1. The van der Waals surface area contributed by atoms with E-state index in [0.717, 1.165) is 23.2 Å². The van der Waals surface area contributed by atoms with E-state index in [0.29, 0.717) is 30.8 Å². The number of hydrogen-bond acceptors (Lipinski definition) is 5. The predicted octanol–water partition coefficient (Wildman–Crippen LogP) is 7.36. The Morgan fingerprint density at radius 2 is 1.87 bits per heavy atom. The number of esters is 1. The number of hydrogen-bond donors (Lipinski definition) is 0. The maximum atomic E-state index is 13.5. The number of ether oxygens (including phenoxy) is 2. The molecule has 2 saturated carbocycles. The van der Waals surface area contributed by atoms with Gasteiger partial charge in [-0.05, 0) is 74.3 Å². The highest BCUT2D eigenvalue weighted by molar-refractivity contribution is 5.75. The van der Waals surface area contributed by atoms with Crippen LogP contribution in [0.25, 0.3) is 17.2 Å². The van der Waals surface area contributed by atoms with Gasteiger partial charge in [0.25, 0.3) is 6.47 Å². The summed E-state index contributed by atoms with van der Waals surface area (Å²) in [5.41, 5.74) is 2.62. The van der Waals surface area contributed by atoms with E-state index in [-0.39, 0.29) is 29.7 Å². The van der Waals surface area contributed by atoms with E-state index in [9.17, 15) is 14.0 Å². The maximum absolute atomic E-state index is 13.5. The first-order chi connectivity index (χ1) is 19.0. The second-order valence-electron chi connectivity index (χ2n) is 9.74. The van der Waals surface area contributed by atoms with Gasteiger partial charge in [0.1, 0.15) is 11.9 Å². The molecule has 0 spiro atoms. The van der Waals surface area contributed by atoms with Crippen LogP contribution in [0.1, 0.15) is 65.5 Å². The molecule has 5 nitrogen and oxygen atoms in total. The SMILES string of the molecule is C#C.CC.CCOC=O.C[C@@H]1OC(=O)C2CC3CCCCC3C(/C=C/c3ccc(-c4cccc(F)c4)cn3)C21. The molecule has 39 heavy (non-hydrogen) atoms. The molecule has 210 valence electrons. The van der Waals surface area contributed by atoms with Gasteiger partial charge in [-0.2, -0.15) is 0 Å². The lowest BCUT2D eigenvalue weighted by molar-refractivity contribution is -0.144. The fraction of sp³-hybridized carbons (Fsp3) is 0.485. The number of halogens is 1. The Kier molecular flexibility index (Phi) is 13.4. The minimum Gasteiger partial charge on any atom is -0.468 e. The molecular weight excluding hydrogens is 493 g/mol. The van der Waals surface area contributed by atoms with Gasteiger partial charge >= 0.3 is 5.97 Å². The highest BCUT2D eigenvalue weighted by atomic mass is 19.1. The number of carbonyl (C=O) groups excluding carboxylic acids is 2. The van der Waals surface area contributed by atoms with E-state index < -0.39 is 0 Å². The van der Waals surface area contributed by atoms with Crippen LogP contribution < -0.4 is 0 Å². The Hall–Kier alpha value is -3.46. The second kappa shape index (κ2) is 16.5. The minimum absolute atomic E-state index is 0.00694. The molecule has 1 saturated heterocycles. The molecule has 0 bridgehead atoms. The van der Waals surface area contributed by atoms with Crippen molar-refractivity contribution in [1.29, 1.82) is 0 Å². The first-order valence-electron chi connectivity index (χ1n) is 14.0. The number of fused-ring (bicyclic) bond motifs is 2. The zero-order chi connectivity index (χ0) is 28.8. The second-order valence-corrected chi connectivity index (χ2v) is 9.74. The standard InChI is InChI=1S/C26H28FNO2.C3H6O2.C2H6.C2H2/c1-16-25-23(22-8-3-2-5-18(22)14-24(25)26(29)30-16)12-11-21-10-9-19(15-28-21)17-6-4-7-20(27)13-17;1-2-5-3-4;2*1-2/h4,6-7,9-13,15-16,18,22-25H,2-3,5,8,14H2,1H3;3H,2H2,1H3;1-2H3;1-2H/b12-11+;;;/t16-,18?,22?,23?,24?,25?;;;/m0.../s1. The summed E-state index contributed by atoms with van der Waals surface area (Å²) in [6.45, 7) is 8.72. The van der Waals surface area contributed by atoms with Crippen LogP contribution in [0.4, 0.5) is 4.39 Å². The number of carbonyl (C=O) groups is 2. The summed E-state index contributed by atoms with van der Waals surface area (Å²) in [4.78, 5) is 26.2. The Labute approximate surface area is 233 Å². The molecule has 3 aliphatic rings. The van der Waals surface area contributed by atoms with Crippen molar-refractivity contribution in [2.75, 3.05) is 6.61 Å². The van der Waals surface area contributed by atoms with Gasteiger partial charge in [0.2, 0.25) is 0 Å². The summed E-state index contributed by atoms with van der Waals surface area (Å²) in [6, 6.07) is 10.5. The average Bonchev–Trinajstić information content (AvgIpc) is 3.26. The van der Waals surface area contributed by atoms with Crippen molar-refractivity contribution in [3.8, 4) is 24.0 Å². The third kappa shape index (κ3) is 8.26. The van der Waals surface area contributed by atoms with Gasteiger partial charge in [-0.1, -0.05) is 57.4 Å². The minimum atomic E-state index is -0.243. The number of rotatable bonds is 5. The van der Waals surface area contributed by atoms with Crippen LogP contribution in [0, 0.1) is 48.3 Å². The van der Waals surface area contributed by atoms with Crippen LogP contribution in [-0.4, -0.2) is 30.1 Å². The van der Waals surface area contributed by atoms with Crippen molar-refractivity contribution < 1.29 is 23.5 Å². The number of cyclic esters (lactones) is 1. The lowest BCUT2D eigenvalue weighted by Crippen LogP contribution is -2.42. The van der Waals surface area contributed by atoms with E-state index in [2.05, 4.69) is 41.6 Å². The van der Waals surface area contributed by atoms with Crippen LogP contribution >= 0.6 is 0 Å². The molecule has 5 rings (SSSR count). The summed E-state index contributed by atoms with van der Waals surface area (Å²) in [5.74, 6) is 1.73. The molecule has 2 aromatic rings. The van der Waals surface area contributed by atoms with Crippen molar-refractivity contribution in [3.05, 3.63) is 60.2 Å². The van der Waals surface area contributed by atoms with Crippen LogP contribution in [0.2, 0.25) is 0 Å². The summed E-state index contributed by atoms with van der Waals surface area (Å²) in [5, 5.41) is 0. The van der Waals surface area contributed by atoms with Crippen LogP contribution in [0.15, 0.2) is 48.7 Å². The summed E-state index contributed by atoms with van der Waals surface area (Å²) in [6.07, 6.45) is 20.2. The van der Waals surface area contributed by atoms with Gasteiger partial charge in [-0.25, -0.2) is 4.39 Å². The van der Waals surface area contributed by atoms with Crippen LogP contribution in [0.3, 0.4) is 0 Å². The fourth-order valence-corrected chi connectivity index (χ4v) is 6.21. The van der Waals surface area contributed by atoms with Crippen molar-refractivity contribution in [2.24, 2.45) is 29.6 Å². The predicted molar refractivity (Wildman–Crippen MR) is 154 cm³/mol. The highest BCUT2D eigenvalue weighted by Gasteiger charge is 2.53. The number of benzene rings is 1. The first-order valence-corrected chi connectivity index (χ1v) is 14.0. The average molecular weight is 536 g/mol. The van der Waals surface area contributed by atoms with Gasteiger partial charge in [-0.3, -0.25) is 14.6 Å². The van der Waals surface area contributed by atoms with Gasteiger partial charge in [0.05, 0.1) is 18.2 Å². The maximum Gasteiger partial charge on any atom is 0.309 e. The summed E-state index contributed by atoms with van der Waals surface area (Å²) in [7, 11) is 0. The Morgan fingerprint density at radius 3 is 2.49 bits per heavy atom. The molecule has 1 aromatic heterocycles. The molecule has 0 radical (unpaired) electrons. The summed E-state index contributed by atoms with van der Waals surface area (Å²) < 4.78 is 23.3. The third-order valence-electron chi connectivity index (χ3n) is 7.74. The molecule has 6 heteroatoms. The molecule has 1 aliphatic heterocycles. The van der Waals surface area contributed by atoms with Gasteiger partial charge in [0.15, 0.2) is 0 Å². The molecule has 0 N–H and O–H groups in total. The molecule has 0 amide bonds. The topological polar surface area (TPSA) is 65.5 Å². The van der Waals surface area contributed by atoms with E-state index in [1.54, 1.807) is 19.2 Å². The van der Waals surface area contributed by atoms with Crippen molar-refractivity contribution in [1.82, 2.24) is 4.98 Å². The lowest BCUT2D eigenvalue weighted by Gasteiger charge is -2.45. The Bertz CT molecular complexity index is 1080. The van der Waals surface area contributed by atoms with Crippen molar-refractivity contribution >= 4 is 18.5 Å². The molecule has 6 atom stereocenters. The molecule has 5 unspecified atom stereocenters. The highest BCUT2D eigenvalue weighted by Crippen LogP contribution is 2.53. The van der Waals surface area contributed by atoms with E-state index in [1.165, 1.54) is 37.8 Å². The third-order valence-corrected chi connectivity index (χ3v) is 7.74. The smallest absolute Gasteiger partial charge is 0.309 e. The first kappa shape index (κ1) is 31.8. The molecule has 3 fully saturated rings. The number of nitrogens with zero attached hydrogens (tertiary/aromatic N) is 1. The lowest BCUT2D eigenvalue weighted by atomic mass is 9.57. The van der Waals surface area contributed by atoms with E-state index in [4.69, 9.17) is 4.74 Å². The molecule has 1 aromatic carbocycles. The van der Waals surface area contributed by atoms with Gasteiger partial charge in [-0.15, -0.1) is 12.8 Å². The zero-order valence-electron chi connectivity index (χ0n) is 23.6. The Balaban J connectivity index is 0.000000527. The van der Waals surface area contributed by atoms with Crippen molar-refractivity contribution in [2.45, 2.75) is 65.9 Å². The van der Waals surface area contributed by atoms with E-state index >= 15 is 0 Å². The van der Waals surface area contributed by atoms with Crippen molar-refractivity contribution in [3.63, 3.8) is 0 Å².